The summed E-state index contributed by atoms with van der Waals surface area (Å²) in [5.74, 6) is 1.05. The quantitative estimate of drug-likeness (QED) is 0.884. The van der Waals surface area contributed by atoms with E-state index in [0.717, 1.165) is 12.4 Å². The van der Waals surface area contributed by atoms with Crippen molar-refractivity contribution in [1.29, 1.82) is 0 Å². The summed E-state index contributed by atoms with van der Waals surface area (Å²) in [6.45, 7) is 5.54. The Morgan fingerprint density at radius 3 is 2.56 bits per heavy atom. The lowest BCUT2D eigenvalue weighted by atomic mass is 9.89. The van der Waals surface area contributed by atoms with Gasteiger partial charge in [0.05, 0.1) is 0 Å². The standard InChI is InChI=1S/C12H21N3.ClH/c1-10-8-15(3)14-11(10)13-9-12(2)6-4-5-7-12;/h8H,4-7,9H2,1-3H3,(H,13,14);1H. The highest BCUT2D eigenvalue weighted by Crippen LogP contribution is 2.37. The summed E-state index contributed by atoms with van der Waals surface area (Å²) in [4.78, 5) is 0. The fourth-order valence-corrected chi connectivity index (χ4v) is 2.48. The number of rotatable bonds is 3. The summed E-state index contributed by atoms with van der Waals surface area (Å²) in [6, 6.07) is 0. The summed E-state index contributed by atoms with van der Waals surface area (Å²) < 4.78 is 1.87. The van der Waals surface area contributed by atoms with Gasteiger partial charge in [0, 0.05) is 25.4 Å². The van der Waals surface area contributed by atoms with Crippen molar-refractivity contribution < 1.29 is 0 Å². The van der Waals surface area contributed by atoms with E-state index in [-0.39, 0.29) is 12.4 Å². The summed E-state index contributed by atoms with van der Waals surface area (Å²) in [5, 5.41) is 7.89. The third-order valence-electron chi connectivity index (χ3n) is 3.51. The molecule has 0 amide bonds. The van der Waals surface area contributed by atoms with Gasteiger partial charge in [0.25, 0.3) is 0 Å². The molecule has 1 aromatic heterocycles. The van der Waals surface area contributed by atoms with E-state index in [1.165, 1.54) is 31.2 Å². The molecular weight excluding hydrogens is 222 g/mol. The lowest BCUT2D eigenvalue weighted by Gasteiger charge is -2.23. The molecule has 2 rings (SSSR count). The molecule has 0 saturated heterocycles. The second-order valence-corrected chi connectivity index (χ2v) is 5.21. The molecule has 1 heterocycles. The number of aromatic nitrogens is 2. The van der Waals surface area contributed by atoms with Crippen LogP contribution in [-0.4, -0.2) is 16.3 Å². The highest BCUT2D eigenvalue weighted by atomic mass is 35.5. The molecular formula is C12H22ClN3. The van der Waals surface area contributed by atoms with Crippen LogP contribution >= 0.6 is 12.4 Å². The van der Waals surface area contributed by atoms with Crippen LogP contribution in [0.15, 0.2) is 6.20 Å². The maximum Gasteiger partial charge on any atom is 0.150 e. The molecule has 0 radical (unpaired) electrons. The van der Waals surface area contributed by atoms with E-state index in [0.29, 0.717) is 5.41 Å². The van der Waals surface area contributed by atoms with E-state index in [9.17, 15) is 0 Å². The number of hydrogen-bond donors (Lipinski definition) is 1. The molecule has 0 unspecified atom stereocenters. The lowest BCUT2D eigenvalue weighted by molar-refractivity contribution is 0.361. The summed E-state index contributed by atoms with van der Waals surface area (Å²) in [7, 11) is 1.97. The number of anilines is 1. The molecule has 4 heteroatoms. The minimum absolute atomic E-state index is 0. The lowest BCUT2D eigenvalue weighted by Crippen LogP contribution is -2.23. The molecule has 1 fully saturated rings. The molecule has 0 aromatic carbocycles. The second-order valence-electron chi connectivity index (χ2n) is 5.21. The van der Waals surface area contributed by atoms with Gasteiger partial charge in [-0.3, -0.25) is 4.68 Å². The summed E-state index contributed by atoms with van der Waals surface area (Å²) in [5.41, 5.74) is 1.73. The van der Waals surface area contributed by atoms with Crippen LogP contribution in [-0.2, 0) is 7.05 Å². The van der Waals surface area contributed by atoms with E-state index < -0.39 is 0 Å². The fraction of sp³-hybridized carbons (Fsp3) is 0.750. The Balaban J connectivity index is 0.00000128. The average molecular weight is 244 g/mol. The number of nitrogens with one attached hydrogen (secondary N) is 1. The molecule has 16 heavy (non-hydrogen) atoms. The Labute approximate surface area is 104 Å². The van der Waals surface area contributed by atoms with Crippen molar-refractivity contribution in [1.82, 2.24) is 9.78 Å². The van der Waals surface area contributed by atoms with Crippen LogP contribution in [0.2, 0.25) is 0 Å². The fourth-order valence-electron chi connectivity index (χ4n) is 2.48. The maximum atomic E-state index is 4.41. The van der Waals surface area contributed by atoms with Gasteiger partial charge in [-0.2, -0.15) is 5.10 Å². The first-order valence-corrected chi connectivity index (χ1v) is 5.83. The third kappa shape index (κ3) is 2.91. The van der Waals surface area contributed by atoms with E-state index in [2.05, 4.69) is 30.5 Å². The smallest absolute Gasteiger partial charge is 0.150 e. The van der Waals surface area contributed by atoms with Gasteiger partial charge in [-0.05, 0) is 25.2 Å². The molecule has 92 valence electrons. The normalized spacial score (nSPS) is 18.2. The van der Waals surface area contributed by atoms with Gasteiger partial charge in [-0.25, -0.2) is 0 Å². The number of nitrogens with zero attached hydrogens (tertiary/aromatic N) is 2. The third-order valence-corrected chi connectivity index (χ3v) is 3.51. The molecule has 1 aliphatic rings. The molecule has 0 aliphatic heterocycles. The monoisotopic (exact) mass is 243 g/mol. The Hall–Kier alpha value is -0.700. The zero-order chi connectivity index (χ0) is 10.9. The topological polar surface area (TPSA) is 29.9 Å². The van der Waals surface area contributed by atoms with Gasteiger partial charge < -0.3 is 5.32 Å². The van der Waals surface area contributed by atoms with E-state index in [4.69, 9.17) is 0 Å². The Bertz CT molecular complexity index is 340. The van der Waals surface area contributed by atoms with Crippen LogP contribution in [0.25, 0.3) is 0 Å². The maximum absolute atomic E-state index is 4.41. The van der Waals surface area contributed by atoms with E-state index in [1.54, 1.807) is 0 Å². The molecule has 3 nitrogen and oxygen atoms in total. The number of halogens is 1. The minimum Gasteiger partial charge on any atom is -0.368 e. The van der Waals surface area contributed by atoms with Gasteiger partial charge in [0.15, 0.2) is 5.82 Å². The van der Waals surface area contributed by atoms with E-state index >= 15 is 0 Å². The highest BCUT2D eigenvalue weighted by Gasteiger charge is 2.28. The predicted octanol–water partition coefficient (Wildman–Crippen LogP) is 3.14. The van der Waals surface area contributed by atoms with Crippen LogP contribution in [0, 0.1) is 12.3 Å². The number of hydrogen-bond acceptors (Lipinski definition) is 2. The van der Waals surface area contributed by atoms with Gasteiger partial charge in [-0.15, -0.1) is 12.4 Å². The highest BCUT2D eigenvalue weighted by molar-refractivity contribution is 5.85. The average Bonchev–Trinajstić information content (AvgIpc) is 2.71. The Morgan fingerprint density at radius 2 is 2.06 bits per heavy atom. The van der Waals surface area contributed by atoms with Crippen LogP contribution in [0.5, 0.6) is 0 Å². The SMILES string of the molecule is Cc1cn(C)nc1NCC1(C)CCCC1.Cl. The first-order chi connectivity index (χ1) is 7.09. The van der Waals surface area contributed by atoms with Crippen molar-refractivity contribution in [2.24, 2.45) is 12.5 Å². The van der Waals surface area contributed by atoms with Crippen LogP contribution in [0.1, 0.15) is 38.2 Å². The van der Waals surface area contributed by atoms with Crippen LogP contribution < -0.4 is 5.32 Å². The van der Waals surface area contributed by atoms with Gasteiger partial charge >= 0.3 is 0 Å². The van der Waals surface area contributed by atoms with Crippen molar-refractivity contribution >= 4 is 18.2 Å². The molecule has 0 bridgehead atoms. The van der Waals surface area contributed by atoms with Gasteiger partial charge in [0.2, 0.25) is 0 Å². The summed E-state index contributed by atoms with van der Waals surface area (Å²) >= 11 is 0. The van der Waals surface area contributed by atoms with Crippen LogP contribution in [0.4, 0.5) is 5.82 Å². The van der Waals surface area contributed by atoms with Crippen molar-refractivity contribution in [3.05, 3.63) is 11.8 Å². The zero-order valence-electron chi connectivity index (χ0n) is 10.4. The minimum atomic E-state index is 0. The molecule has 0 spiro atoms. The van der Waals surface area contributed by atoms with Gasteiger partial charge in [-0.1, -0.05) is 19.8 Å². The summed E-state index contributed by atoms with van der Waals surface area (Å²) in [6.07, 6.45) is 7.54. The van der Waals surface area contributed by atoms with Crippen molar-refractivity contribution in [3.8, 4) is 0 Å². The zero-order valence-corrected chi connectivity index (χ0v) is 11.2. The molecule has 1 aromatic rings. The predicted molar refractivity (Wildman–Crippen MR) is 70.3 cm³/mol. The second kappa shape index (κ2) is 5.09. The van der Waals surface area contributed by atoms with Crippen molar-refractivity contribution in [3.63, 3.8) is 0 Å². The first kappa shape index (κ1) is 13.4. The molecule has 1 saturated carbocycles. The number of aryl methyl sites for hydroxylation is 2. The van der Waals surface area contributed by atoms with Gasteiger partial charge in [0.1, 0.15) is 0 Å². The Morgan fingerprint density at radius 1 is 1.44 bits per heavy atom. The first-order valence-electron chi connectivity index (χ1n) is 5.83. The largest absolute Gasteiger partial charge is 0.368 e. The van der Waals surface area contributed by atoms with Crippen LogP contribution in [0.3, 0.4) is 0 Å². The molecule has 1 N–H and O–H groups in total. The molecule has 0 atom stereocenters. The van der Waals surface area contributed by atoms with Crippen molar-refractivity contribution in [2.45, 2.75) is 39.5 Å². The Kier molecular flexibility index (Phi) is 4.25. The van der Waals surface area contributed by atoms with E-state index in [1.807, 2.05) is 11.7 Å². The van der Waals surface area contributed by atoms with Crippen molar-refractivity contribution in [2.75, 3.05) is 11.9 Å². The molecule has 1 aliphatic carbocycles.